The van der Waals surface area contributed by atoms with Gasteiger partial charge in [0.15, 0.2) is 5.78 Å². The Bertz CT molecular complexity index is 470. The molecular formula is C15H16O4. The third-order valence-corrected chi connectivity index (χ3v) is 3.07. The van der Waals surface area contributed by atoms with Crippen LogP contribution in [0.4, 0.5) is 0 Å². The largest absolute Gasteiger partial charge is 0.468 e. The van der Waals surface area contributed by atoms with Crippen LogP contribution >= 0.6 is 0 Å². The molecule has 100 valence electrons. The molecule has 0 saturated carbocycles. The number of hydrogen-bond donors (Lipinski definition) is 0. The van der Waals surface area contributed by atoms with Crippen LogP contribution in [0.1, 0.15) is 12.0 Å². The molecule has 4 nitrogen and oxygen atoms in total. The van der Waals surface area contributed by atoms with Gasteiger partial charge in [0.25, 0.3) is 0 Å². The zero-order valence-corrected chi connectivity index (χ0v) is 10.7. The predicted molar refractivity (Wildman–Crippen MR) is 70.3 cm³/mol. The van der Waals surface area contributed by atoms with E-state index in [9.17, 15) is 9.59 Å². The Labute approximate surface area is 112 Å². The van der Waals surface area contributed by atoms with Crippen LogP contribution in [0.5, 0.6) is 0 Å². The molecule has 19 heavy (non-hydrogen) atoms. The van der Waals surface area contributed by atoms with Crippen LogP contribution < -0.4 is 0 Å². The maximum atomic E-state index is 11.8. The van der Waals surface area contributed by atoms with Crippen molar-refractivity contribution in [3.63, 3.8) is 0 Å². The van der Waals surface area contributed by atoms with Crippen molar-refractivity contribution in [3.05, 3.63) is 42.0 Å². The molecule has 1 aliphatic rings. The lowest BCUT2D eigenvalue weighted by Crippen LogP contribution is -2.41. The summed E-state index contributed by atoms with van der Waals surface area (Å²) in [5.41, 5.74) is 0.993. The zero-order chi connectivity index (χ0) is 13.7. The van der Waals surface area contributed by atoms with Crippen molar-refractivity contribution < 1.29 is 19.1 Å². The third kappa shape index (κ3) is 3.29. The highest BCUT2D eigenvalue weighted by Gasteiger charge is 2.37. The molecule has 0 N–H and O–H groups in total. The summed E-state index contributed by atoms with van der Waals surface area (Å²) in [6.07, 6.45) is 3.30. The summed E-state index contributed by atoms with van der Waals surface area (Å²) in [5.74, 6) is -1.51. The van der Waals surface area contributed by atoms with E-state index in [2.05, 4.69) is 4.74 Å². The molecule has 0 radical (unpaired) electrons. The average Bonchev–Trinajstić information content (AvgIpc) is 2.45. The van der Waals surface area contributed by atoms with E-state index < -0.39 is 18.0 Å². The van der Waals surface area contributed by atoms with E-state index in [0.29, 0.717) is 6.61 Å². The first-order valence-electron chi connectivity index (χ1n) is 6.18. The number of ether oxygens (including phenoxy) is 2. The average molecular weight is 260 g/mol. The first kappa shape index (κ1) is 13.5. The van der Waals surface area contributed by atoms with Gasteiger partial charge in [-0.25, -0.2) is 0 Å². The molecule has 4 heteroatoms. The van der Waals surface area contributed by atoms with Crippen LogP contribution in [0.3, 0.4) is 0 Å². The van der Waals surface area contributed by atoms with E-state index in [1.165, 1.54) is 7.11 Å². The van der Waals surface area contributed by atoms with Gasteiger partial charge in [0, 0.05) is 6.42 Å². The van der Waals surface area contributed by atoms with Crippen LogP contribution in [-0.2, 0) is 19.1 Å². The highest BCUT2D eigenvalue weighted by molar-refractivity contribution is 6.00. The number of carbonyl (C=O) groups excluding carboxylic acids is 2. The van der Waals surface area contributed by atoms with Gasteiger partial charge in [-0.1, -0.05) is 42.5 Å². The highest BCUT2D eigenvalue weighted by Crippen LogP contribution is 2.21. The van der Waals surface area contributed by atoms with Gasteiger partial charge in [-0.3, -0.25) is 9.59 Å². The maximum Gasteiger partial charge on any atom is 0.319 e. The molecular weight excluding hydrogens is 244 g/mol. The molecule has 1 aromatic rings. The van der Waals surface area contributed by atoms with E-state index in [1.807, 2.05) is 36.4 Å². The monoisotopic (exact) mass is 260 g/mol. The lowest BCUT2D eigenvalue weighted by molar-refractivity contribution is -0.158. The summed E-state index contributed by atoms with van der Waals surface area (Å²) >= 11 is 0. The molecule has 1 aliphatic heterocycles. The van der Waals surface area contributed by atoms with Crippen molar-refractivity contribution in [1.29, 1.82) is 0 Å². The van der Waals surface area contributed by atoms with Crippen LogP contribution in [0.15, 0.2) is 36.4 Å². The smallest absolute Gasteiger partial charge is 0.319 e. The molecule has 2 rings (SSSR count). The van der Waals surface area contributed by atoms with E-state index in [1.54, 1.807) is 6.08 Å². The second-order valence-electron chi connectivity index (χ2n) is 4.32. The standard InChI is InChI=1S/C15H16O4/c1-18-15(17)14-12(16)9-10-19-13(14)8-7-11-5-3-2-4-6-11/h2-8,13-14H,9-10H2,1H3/b8-7+/t13-,14+/m1/s1. The van der Waals surface area contributed by atoms with Crippen LogP contribution in [-0.4, -0.2) is 31.6 Å². The van der Waals surface area contributed by atoms with Gasteiger partial charge in [-0.15, -0.1) is 0 Å². The minimum Gasteiger partial charge on any atom is -0.468 e. The summed E-state index contributed by atoms with van der Waals surface area (Å²) in [7, 11) is 1.28. The number of rotatable bonds is 3. The van der Waals surface area contributed by atoms with Crippen molar-refractivity contribution in [2.24, 2.45) is 5.92 Å². The highest BCUT2D eigenvalue weighted by atomic mass is 16.5. The second-order valence-corrected chi connectivity index (χ2v) is 4.32. The molecule has 1 aromatic carbocycles. The summed E-state index contributed by atoms with van der Waals surface area (Å²) in [6, 6.07) is 9.65. The summed E-state index contributed by atoms with van der Waals surface area (Å²) in [5, 5.41) is 0. The van der Waals surface area contributed by atoms with Gasteiger partial charge >= 0.3 is 5.97 Å². The topological polar surface area (TPSA) is 52.6 Å². The van der Waals surface area contributed by atoms with E-state index in [0.717, 1.165) is 5.56 Å². The fraction of sp³-hybridized carbons (Fsp3) is 0.333. The quantitative estimate of drug-likeness (QED) is 0.614. The SMILES string of the molecule is COC(=O)[C@H]1C(=O)CCO[C@@H]1/C=C/c1ccccc1. The fourth-order valence-electron chi connectivity index (χ4n) is 2.06. The Balaban J connectivity index is 2.14. The minimum atomic E-state index is -0.848. The Morgan fingerprint density at radius 3 is 2.79 bits per heavy atom. The van der Waals surface area contributed by atoms with Gasteiger partial charge < -0.3 is 9.47 Å². The van der Waals surface area contributed by atoms with Gasteiger partial charge in [0.1, 0.15) is 5.92 Å². The lowest BCUT2D eigenvalue weighted by atomic mass is 9.92. The first-order chi connectivity index (χ1) is 9.22. The molecule has 1 saturated heterocycles. The lowest BCUT2D eigenvalue weighted by Gasteiger charge is -2.26. The number of hydrogen-bond acceptors (Lipinski definition) is 4. The van der Waals surface area contributed by atoms with Gasteiger partial charge in [-0.2, -0.15) is 0 Å². The number of carbonyl (C=O) groups is 2. The molecule has 2 atom stereocenters. The van der Waals surface area contributed by atoms with Crippen molar-refractivity contribution in [1.82, 2.24) is 0 Å². The van der Waals surface area contributed by atoms with Gasteiger partial charge in [-0.05, 0) is 5.56 Å². The van der Waals surface area contributed by atoms with Crippen LogP contribution in [0, 0.1) is 5.92 Å². The molecule has 0 bridgehead atoms. The summed E-state index contributed by atoms with van der Waals surface area (Å²) in [6.45, 7) is 0.343. The molecule has 0 aliphatic carbocycles. The molecule has 0 amide bonds. The normalized spacial score (nSPS) is 23.5. The van der Waals surface area contributed by atoms with Crippen LogP contribution in [0.2, 0.25) is 0 Å². The van der Waals surface area contributed by atoms with Gasteiger partial charge in [0.2, 0.25) is 0 Å². The first-order valence-corrected chi connectivity index (χ1v) is 6.18. The Kier molecular flexibility index (Phi) is 4.47. The fourth-order valence-corrected chi connectivity index (χ4v) is 2.06. The minimum absolute atomic E-state index is 0.124. The number of Topliss-reactive ketones (excluding diaryl/α,β-unsaturated/α-hetero) is 1. The Morgan fingerprint density at radius 2 is 2.11 bits per heavy atom. The van der Waals surface area contributed by atoms with Gasteiger partial charge in [0.05, 0.1) is 19.8 Å². The molecule has 1 heterocycles. The Hall–Kier alpha value is -1.94. The van der Waals surface area contributed by atoms with Crippen LogP contribution in [0.25, 0.3) is 6.08 Å². The third-order valence-electron chi connectivity index (χ3n) is 3.07. The number of benzene rings is 1. The number of methoxy groups -OCH3 is 1. The van der Waals surface area contributed by atoms with Crippen molar-refractivity contribution in [2.75, 3.05) is 13.7 Å². The van der Waals surface area contributed by atoms with Crippen molar-refractivity contribution in [3.8, 4) is 0 Å². The number of ketones is 1. The second kappa shape index (κ2) is 6.29. The zero-order valence-electron chi connectivity index (χ0n) is 10.7. The number of esters is 1. The molecule has 0 spiro atoms. The van der Waals surface area contributed by atoms with E-state index in [4.69, 9.17) is 4.74 Å². The summed E-state index contributed by atoms with van der Waals surface area (Å²) in [4.78, 5) is 23.4. The van der Waals surface area contributed by atoms with E-state index >= 15 is 0 Å². The molecule has 1 fully saturated rings. The van der Waals surface area contributed by atoms with E-state index in [-0.39, 0.29) is 12.2 Å². The molecule has 0 aromatic heterocycles. The molecule has 0 unspecified atom stereocenters. The Morgan fingerprint density at radius 1 is 1.37 bits per heavy atom. The maximum absolute atomic E-state index is 11.8. The summed E-state index contributed by atoms with van der Waals surface area (Å²) < 4.78 is 10.2. The van der Waals surface area contributed by atoms with Crippen molar-refractivity contribution >= 4 is 17.8 Å². The van der Waals surface area contributed by atoms with Crippen molar-refractivity contribution in [2.45, 2.75) is 12.5 Å². The predicted octanol–water partition coefficient (Wildman–Crippen LogP) is 1.85.